The van der Waals surface area contributed by atoms with Gasteiger partial charge in [0.1, 0.15) is 0 Å². The molecular formula is C13H15NO4. The Balaban J connectivity index is 2.15. The summed E-state index contributed by atoms with van der Waals surface area (Å²) in [6.07, 6.45) is 2.46. The number of nitrogens with zero attached hydrogens (tertiary/aromatic N) is 1. The maximum absolute atomic E-state index is 12.5. The van der Waals surface area contributed by atoms with Gasteiger partial charge in [-0.1, -0.05) is 6.08 Å². The molecule has 1 aliphatic heterocycles. The molecule has 1 heterocycles. The van der Waals surface area contributed by atoms with E-state index in [1.165, 1.54) is 14.2 Å². The fourth-order valence-electron chi connectivity index (χ4n) is 3.72. The molecule has 0 aromatic heterocycles. The van der Waals surface area contributed by atoms with E-state index in [1.807, 2.05) is 0 Å². The van der Waals surface area contributed by atoms with E-state index in [4.69, 9.17) is 14.2 Å². The summed E-state index contributed by atoms with van der Waals surface area (Å²) >= 11 is 0. The van der Waals surface area contributed by atoms with Crippen molar-refractivity contribution in [1.29, 1.82) is 5.26 Å². The predicted molar refractivity (Wildman–Crippen MR) is 60.3 cm³/mol. The third kappa shape index (κ3) is 1.18. The Morgan fingerprint density at radius 2 is 2.22 bits per heavy atom. The fourth-order valence-corrected chi connectivity index (χ4v) is 3.72. The number of rotatable bonds is 2. The van der Waals surface area contributed by atoms with Crippen molar-refractivity contribution >= 4 is 5.78 Å². The lowest BCUT2D eigenvalue weighted by atomic mass is 9.59. The van der Waals surface area contributed by atoms with Crippen LogP contribution in [0.4, 0.5) is 0 Å². The van der Waals surface area contributed by atoms with Crippen LogP contribution in [0.3, 0.4) is 0 Å². The molecule has 4 aliphatic rings. The van der Waals surface area contributed by atoms with Gasteiger partial charge in [-0.25, -0.2) is 0 Å². The SMILES string of the molecule is COC1(OC)C(=O)[C@@H]2C=C(C#N)[C@H]1[C@H]1CCO[C@H]12. The van der Waals surface area contributed by atoms with Gasteiger partial charge < -0.3 is 14.2 Å². The maximum Gasteiger partial charge on any atom is 0.237 e. The standard InChI is InChI=1S/C13H15NO4/c1-16-13(17-2)10-7(6-14)5-9(12(13)15)11-8(10)3-4-18-11/h5,8-11H,3-4H2,1-2H3/t8-,9-,10+,11-/m1/s1. The quantitative estimate of drug-likeness (QED) is 0.672. The molecule has 96 valence electrons. The van der Waals surface area contributed by atoms with Crippen LogP contribution in [-0.2, 0) is 19.0 Å². The zero-order valence-electron chi connectivity index (χ0n) is 10.4. The Hall–Kier alpha value is -1.22. The van der Waals surface area contributed by atoms with Crippen LogP contribution in [0.25, 0.3) is 0 Å². The smallest absolute Gasteiger partial charge is 0.237 e. The molecule has 3 aliphatic carbocycles. The number of Topliss-reactive ketones (excluding diaryl/α,β-unsaturated/α-hetero) is 1. The average Bonchev–Trinajstić information content (AvgIpc) is 2.89. The van der Waals surface area contributed by atoms with E-state index in [-0.39, 0.29) is 23.7 Å². The Morgan fingerprint density at radius 3 is 2.83 bits per heavy atom. The van der Waals surface area contributed by atoms with E-state index in [0.29, 0.717) is 12.2 Å². The van der Waals surface area contributed by atoms with Crippen molar-refractivity contribution in [2.75, 3.05) is 20.8 Å². The lowest BCUT2D eigenvalue weighted by Crippen LogP contribution is -2.64. The molecule has 5 nitrogen and oxygen atoms in total. The van der Waals surface area contributed by atoms with E-state index in [0.717, 1.165) is 6.42 Å². The van der Waals surface area contributed by atoms with Crippen LogP contribution >= 0.6 is 0 Å². The monoisotopic (exact) mass is 249 g/mol. The van der Waals surface area contributed by atoms with Gasteiger partial charge in [0.05, 0.1) is 24.0 Å². The van der Waals surface area contributed by atoms with Gasteiger partial charge in [-0.3, -0.25) is 4.79 Å². The van der Waals surface area contributed by atoms with Crippen molar-refractivity contribution < 1.29 is 19.0 Å². The highest BCUT2D eigenvalue weighted by Crippen LogP contribution is 2.53. The second-order valence-corrected chi connectivity index (χ2v) is 4.97. The molecule has 4 rings (SSSR count). The zero-order valence-corrected chi connectivity index (χ0v) is 10.4. The normalized spacial score (nSPS) is 40.3. The number of hydrogen-bond donors (Lipinski definition) is 0. The van der Waals surface area contributed by atoms with Gasteiger partial charge >= 0.3 is 0 Å². The molecule has 1 saturated heterocycles. The fraction of sp³-hybridized carbons (Fsp3) is 0.692. The predicted octanol–water partition coefficient (Wildman–Crippen LogP) is 0.659. The second-order valence-electron chi connectivity index (χ2n) is 4.97. The summed E-state index contributed by atoms with van der Waals surface area (Å²) in [7, 11) is 2.92. The minimum atomic E-state index is -1.31. The summed E-state index contributed by atoms with van der Waals surface area (Å²) in [6.45, 7) is 0.631. The van der Waals surface area contributed by atoms with E-state index in [2.05, 4.69) is 6.07 Å². The van der Waals surface area contributed by atoms with Crippen molar-refractivity contribution in [3.63, 3.8) is 0 Å². The summed E-state index contributed by atoms with van der Waals surface area (Å²) in [5.41, 5.74) is 0.593. The van der Waals surface area contributed by atoms with Crippen LogP contribution in [0.1, 0.15) is 6.42 Å². The molecule has 5 heteroatoms. The molecule has 18 heavy (non-hydrogen) atoms. The Bertz CT molecular complexity index is 460. The molecule has 4 atom stereocenters. The Kier molecular flexibility index (Phi) is 2.56. The van der Waals surface area contributed by atoms with Crippen LogP contribution < -0.4 is 0 Å². The first-order chi connectivity index (χ1) is 8.69. The summed E-state index contributed by atoms with van der Waals surface area (Å²) in [4.78, 5) is 12.5. The van der Waals surface area contributed by atoms with Gasteiger partial charge in [0.15, 0.2) is 0 Å². The Labute approximate surface area is 105 Å². The Morgan fingerprint density at radius 1 is 1.50 bits per heavy atom. The van der Waals surface area contributed by atoms with E-state index in [1.54, 1.807) is 6.08 Å². The van der Waals surface area contributed by atoms with Crippen molar-refractivity contribution in [3.8, 4) is 6.07 Å². The number of ketones is 1. The van der Waals surface area contributed by atoms with Gasteiger partial charge in [0.2, 0.25) is 11.6 Å². The number of carbonyl (C=O) groups is 1. The lowest BCUT2D eigenvalue weighted by molar-refractivity contribution is -0.251. The lowest BCUT2D eigenvalue weighted by Gasteiger charge is -2.51. The summed E-state index contributed by atoms with van der Waals surface area (Å²) in [5, 5.41) is 9.26. The molecule has 0 unspecified atom stereocenters. The van der Waals surface area contributed by atoms with E-state index in [9.17, 15) is 10.1 Å². The van der Waals surface area contributed by atoms with Crippen LogP contribution in [0, 0.1) is 29.1 Å². The van der Waals surface area contributed by atoms with Gasteiger partial charge in [0.25, 0.3) is 0 Å². The van der Waals surface area contributed by atoms with Gasteiger partial charge in [0, 0.05) is 32.3 Å². The van der Waals surface area contributed by atoms with Crippen LogP contribution in [-0.4, -0.2) is 38.5 Å². The van der Waals surface area contributed by atoms with Gasteiger partial charge in [-0.15, -0.1) is 0 Å². The van der Waals surface area contributed by atoms with Crippen LogP contribution in [0.5, 0.6) is 0 Å². The molecule has 0 aromatic rings. The number of hydrogen-bond acceptors (Lipinski definition) is 5. The summed E-state index contributed by atoms with van der Waals surface area (Å²) < 4.78 is 16.4. The van der Waals surface area contributed by atoms with Gasteiger partial charge in [-0.05, 0) is 6.42 Å². The molecule has 1 saturated carbocycles. The first-order valence-corrected chi connectivity index (χ1v) is 6.07. The number of fused-ring (bicyclic) bond motifs is 1. The van der Waals surface area contributed by atoms with Gasteiger partial charge in [-0.2, -0.15) is 5.26 Å². The summed E-state index contributed by atoms with van der Waals surface area (Å²) in [6, 6.07) is 2.19. The average molecular weight is 249 g/mol. The van der Waals surface area contributed by atoms with E-state index >= 15 is 0 Å². The number of carbonyl (C=O) groups excluding carboxylic acids is 1. The highest BCUT2D eigenvalue weighted by atomic mass is 16.7. The molecule has 0 aromatic carbocycles. The molecule has 0 spiro atoms. The molecule has 0 amide bonds. The van der Waals surface area contributed by atoms with Crippen molar-refractivity contribution in [2.24, 2.45) is 17.8 Å². The third-order valence-corrected chi connectivity index (χ3v) is 4.45. The minimum Gasteiger partial charge on any atom is -0.377 e. The zero-order chi connectivity index (χ0) is 12.9. The maximum atomic E-state index is 12.5. The molecular weight excluding hydrogens is 234 g/mol. The minimum absolute atomic E-state index is 0.113. The topological polar surface area (TPSA) is 68.5 Å². The molecule has 2 fully saturated rings. The van der Waals surface area contributed by atoms with Crippen LogP contribution in [0.2, 0.25) is 0 Å². The largest absolute Gasteiger partial charge is 0.377 e. The second kappa shape index (κ2) is 3.89. The first-order valence-electron chi connectivity index (χ1n) is 6.07. The molecule has 2 bridgehead atoms. The number of methoxy groups -OCH3 is 2. The summed E-state index contributed by atoms with van der Waals surface area (Å²) in [5.74, 6) is -2.06. The highest BCUT2D eigenvalue weighted by Gasteiger charge is 2.65. The van der Waals surface area contributed by atoms with E-state index < -0.39 is 11.7 Å². The number of ether oxygens (including phenoxy) is 3. The number of nitriles is 1. The molecule has 0 radical (unpaired) electrons. The van der Waals surface area contributed by atoms with Crippen molar-refractivity contribution in [2.45, 2.75) is 18.3 Å². The highest BCUT2D eigenvalue weighted by molar-refractivity contribution is 5.94. The molecule has 0 N–H and O–H groups in total. The van der Waals surface area contributed by atoms with Crippen molar-refractivity contribution in [1.82, 2.24) is 0 Å². The third-order valence-electron chi connectivity index (χ3n) is 4.45. The first kappa shape index (κ1) is 11.8. The van der Waals surface area contributed by atoms with Crippen molar-refractivity contribution in [3.05, 3.63) is 11.6 Å². The van der Waals surface area contributed by atoms with Crippen LogP contribution in [0.15, 0.2) is 11.6 Å².